The second-order valence-corrected chi connectivity index (χ2v) is 4.26. The van der Waals surface area contributed by atoms with E-state index in [1.807, 2.05) is 0 Å². The number of aliphatic carboxylic acids is 1. The van der Waals surface area contributed by atoms with Crippen molar-refractivity contribution in [3.63, 3.8) is 0 Å². The number of carboxylic acid groups (broad SMARTS) is 1. The number of carboxylic acids is 1. The molecule has 0 radical (unpaired) electrons. The summed E-state index contributed by atoms with van der Waals surface area (Å²) in [7, 11) is 1.48. The molecular formula is C11H13FO3S. The van der Waals surface area contributed by atoms with E-state index in [2.05, 4.69) is 0 Å². The van der Waals surface area contributed by atoms with Crippen molar-refractivity contribution in [1.82, 2.24) is 0 Å². The molecule has 0 bridgehead atoms. The smallest absolute Gasteiger partial charge is 0.304 e. The minimum absolute atomic E-state index is 0.0996. The van der Waals surface area contributed by atoms with Crippen molar-refractivity contribution < 1.29 is 19.0 Å². The monoisotopic (exact) mass is 244 g/mol. The van der Waals surface area contributed by atoms with Crippen molar-refractivity contribution in [2.75, 3.05) is 12.9 Å². The molecular weight excluding hydrogens is 231 g/mol. The second-order valence-electron chi connectivity index (χ2n) is 3.15. The van der Waals surface area contributed by atoms with Crippen LogP contribution in [0.2, 0.25) is 0 Å². The van der Waals surface area contributed by atoms with E-state index in [1.54, 1.807) is 12.1 Å². The zero-order valence-electron chi connectivity index (χ0n) is 8.90. The highest BCUT2D eigenvalue weighted by atomic mass is 32.2. The van der Waals surface area contributed by atoms with E-state index in [1.165, 1.54) is 24.9 Å². The molecule has 16 heavy (non-hydrogen) atoms. The highest BCUT2D eigenvalue weighted by molar-refractivity contribution is 7.98. The topological polar surface area (TPSA) is 46.5 Å². The van der Waals surface area contributed by atoms with Crippen molar-refractivity contribution in [3.8, 4) is 5.75 Å². The first kappa shape index (κ1) is 12.8. The summed E-state index contributed by atoms with van der Waals surface area (Å²) in [5.74, 6) is 0.297. The van der Waals surface area contributed by atoms with Crippen LogP contribution in [0.25, 0.3) is 0 Å². The van der Waals surface area contributed by atoms with Gasteiger partial charge in [-0.25, -0.2) is 4.39 Å². The molecule has 1 aromatic carbocycles. The minimum atomic E-state index is -0.831. The zero-order chi connectivity index (χ0) is 12.0. The number of hydrogen-bond donors (Lipinski definition) is 1. The Morgan fingerprint density at radius 1 is 1.56 bits per heavy atom. The highest BCUT2D eigenvalue weighted by Gasteiger charge is 2.04. The zero-order valence-corrected chi connectivity index (χ0v) is 9.72. The summed E-state index contributed by atoms with van der Waals surface area (Å²) in [6, 6.07) is 4.67. The summed E-state index contributed by atoms with van der Waals surface area (Å²) >= 11 is 1.40. The average molecular weight is 244 g/mol. The minimum Gasteiger partial charge on any atom is -0.497 e. The van der Waals surface area contributed by atoms with Gasteiger partial charge in [0, 0.05) is 17.6 Å². The Labute approximate surface area is 97.6 Å². The molecule has 1 aromatic rings. The Balaban J connectivity index is 2.45. The van der Waals surface area contributed by atoms with Gasteiger partial charge in [-0.2, -0.15) is 11.8 Å². The number of benzene rings is 1. The van der Waals surface area contributed by atoms with E-state index in [4.69, 9.17) is 9.84 Å². The van der Waals surface area contributed by atoms with E-state index >= 15 is 0 Å². The van der Waals surface area contributed by atoms with Gasteiger partial charge in [-0.3, -0.25) is 4.79 Å². The Hall–Kier alpha value is -1.23. The van der Waals surface area contributed by atoms with Crippen LogP contribution in [0.15, 0.2) is 18.2 Å². The lowest BCUT2D eigenvalue weighted by Crippen LogP contribution is -1.97. The van der Waals surface area contributed by atoms with Crippen LogP contribution in [0.4, 0.5) is 4.39 Å². The van der Waals surface area contributed by atoms with Gasteiger partial charge < -0.3 is 9.84 Å². The first-order valence-electron chi connectivity index (χ1n) is 4.75. The van der Waals surface area contributed by atoms with Crippen molar-refractivity contribution in [3.05, 3.63) is 29.6 Å². The molecule has 0 aliphatic rings. The van der Waals surface area contributed by atoms with Crippen LogP contribution in [0.3, 0.4) is 0 Å². The SMILES string of the molecule is COc1ccc(CSCCC(=O)O)c(F)c1. The number of rotatable bonds is 6. The molecule has 88 valence electrons. The van der Waals surface area contributed by atoms with Crippen molar-refractivity contribution in [2.45, 2.75) is 12.2 Å². The summed E-state index contributed by atoms with van der Waals surface area (Å²) < 4.78 is 18.3. The number of thioether (sulfide) groups is 1. The lowest BCUT2D eigenvalue weighted by molar-refractivity contribution is -0.136. The summed E-state index contributed by atoms with van der Waals surface area (Å²) in [4.78, 5) is 10.3. The summed E-state index contributed by atoms with van der Waals surface area (Å²) in [5.41, 5.74) is 0.566. The van der Waals surface area contributed by atoms with Gasteiger partial charge in [-0.1, -0.05) is 6.07 Å². The molecule has 0 aromatic heterocycles. The molecule has 0 saturated carbocycles. The summed E-state index contributed by atoms with van der Waals surface area (Å²) in [5, 5.41) is 8.43. The normalized spacial score (nSPS) is 10.1. The molecule has 0 aliphatic carbocycles. The summed E-state index contributed by atoms with van der Waals surface area (Å²) in [6.07, 6.45) is 0.0996. The number of ether oxygens (including phenoxy) is 1. The Kier molecular flexibility index (Phi) is 5.11. The third-order valence-electron chi connectivity index (χ3n) is 1.98. The van der Waals surface area contributed by atoms with Gasteiger partial charge in [0.25, 0.3) is 0 Å². The number of halogens is 1. The Morgan fingerprint density at radius 3 is 2.88 bits per heavy atom. The quantitative estimate of drug-likeness (QED) is 0.781. The molecule has 1 N–H and O–H groups in total. The van der Waals surface area contributed by atoms with Gasteiger partial charge in [0.1, 0.15) is 11.6 Å². The lowest BCUT2D eigenvalue weighted by Gasteiger charge is -2.05. The average Bonchev–Trinajstić information content (AvgIpc) is 2.25. The van der Waals surface area contributed by atoms with E-state index < -0.39 is 5.97 Å². The van der Waals surface area contributed by atoms with E-state index in [0.29, 0.717) is 22.8 Å². The first-order chi connectivity index (χ1) is 7.63. The fraction of sp³-hybridized carbons (Fsp3) is 0.364. The molecule has 0 aliphatic heterocycles. The van der Waals surface area contributed by atoms with Gasteiger partial charge in [0.05, 0.1) is 13.5 Å². The molecule has 0 saturated heterocycles. The maximum Gasteiger partial charge on any atom is 0.304 e. The van der Waals surface area contributed by atoms with Crippen molar-refractivity contribution in [1.29, 1.82) is 0 Å². The van der Waals surface area contributed by atoms with Crippen LogP contribution < -0.4 is 4.74 Å². The fourth-order valence-corrected chi connectivity index (χ4v) is 2.03. The molecule has 0 spiro atoms. The van der Waals surface area contributed by atoms with E-state index in [-0.39, 0.29) is 12.2 Å². The molecule has 0 amide bonds. The van der Waals surface area contributed by atoms with Crippen LogP contribution >= 0.6 is 11.8 Å². The molecule has 1 rings (SSSR count). The van der Waals surface area contributed by atoms with Gasteiger partial charge in [0.2, 0.25) is 0 Å². The summed E-state index contributed by atoms with van der Waals surface area (Å²) in [6.45, 7) is 0. The Bertz CT molecular complexity index is 368. The van der Waals surface area contributed by atoms with Crippen LogP contribution in [-0.4, -0.2) is 23.9 Å². The largest absolute Gasteiger partial charge is 0.497 e. The van der Waals surface area contributed by atoms with Gasteiger partial charge >= 0.3 is 5.97 Å². The molecule has 0 atom stereocenters. The number of carbonyl (C=O) groups is 1. The van der Waals surface area contributed by atoms with Crippen LogP contribution in [0, 0.1) is 5.82 Å². The number of methoxy groups -OCH3 is 1. The maximum absolute atomic E-state index is 13.4. The molecule has 0 unspecified atom stereocenters. The van der Waals surface area contributed by atoms with E-state index in [0.717, 1.165) is 0 Å². The Morgan fingerprint density at radius 2 is 2.31 bits per heavy atom. The molecule has 0 heterocycles. The highest BCUT2D eigenvalue weighted by Crippen LogP contribution is 2.20. The van der Waals surface area contributed by atoms with Crippen LogP contribution in [-0.2, 0) is 10.5 Å². The fourth-order valence-electron chi connectivity index (χ4n) is 1.11. The molecule has 5 heteroatoms. The predicted molar refractivity (Wildman–Crippen MR) is 61.4 cm³/mol. The van der Waals surface area contributed by atoms with Gasteiger partial charge in [-0.15, -0.1) is 0 Å². The maximum atomic E-state index is 13.4. The third kappa shape index (κ3) is 4.10. The van der Waals surface area contributed by atoms with Crippen LogP contribution in [0.1, 0.15) is 12.0 Å². The molecule has 3 nitrogen and oxygen atoms in total. The third-order valence-corrected chi connectivity index (χ3v) is 2.99. The first-order valence-corrected chi connectivity index (χ1v) is 5.91. The second kappa shape index (κ2) is 6.37. The van der Waals surface area contributed by atoms with Crippen LogP contribution in [0.5, 0.6) is 5.75 Å². The van der Waals surface area contributed by atoms with E-state index in [9.17, 15) is 9.18 Å². The lowest BCUT2D eigenvalue weighted by atomic mass is 10.2. The molecule has 0 fully saturated rings. The van der Waals surface area contributed by atoms with Crippen molar-refractivity contribution >= 4 is 17.7 Å². The predicted octanol–water partition coefficient (Wildman–Crippen LogP) is 2.54. The van der Waals surface area contributed by atoms with Gasteiger partial charge in [-0.05, 0) is 11.6 Å². The number of hydrogen-bond acceptors (Lipinski definition) is 3. The standard InChI is InChI=1S/C11H13FO3S/c1-15-9-3-2-8(10(12)6-9)7-16-5-4-11(13)14/h2-3,6H,4-5,7H2,1H3,(H,13,14). The van der Waals surface area contributed by atoms with Gasteiger partial charge in [0.15, 0.2) is 0 Å². The van der Waals surface area contributed by atoms with Crippen molar-refractivity contribution in [2.24, 2.45) is 0 Å².